The fraction of sp³-hybridized carbons (Fsp3) is 0.429. The summed E-state index contributed by atoms with van der Waals surface area (Å²) in [5, 5.41) is 5.04. The molecule has 1 heterocycles. The van der Waals surface area contributed by atoms with Crippen LogP contribution in [0.25, 0.3) is 0 Å². The smallest absolute Gasteiger partial charge is 0.352 e. The van der Waals surface area contributed by atoms with Gasteiger partial charge in [-0.3, -0.25) is 9.59 Å². The molecule has 2 N–H and O–H groups in total. The van der Waals surface area contributed by atoms with Gasteiger partial charge in [0.25, 0.3) is 5.91 Å². The quantitative estimate of drug-likeness (QED) is 0.893. The molecule has 1 aromatic rings. The molecule has 8 heteroatoms. The van der Waals surface area contributed by atoms with Crippen LogP contribution in [-0.2, 0) is 11.0 Å². The Kier molecular flexibility index (Phi) is 4.95. The molecule has 1 fully saturated rings. The van der Waals surface area contributed by atoms with Crippen molar-refractivity contribution in [3.63, 3.8) is 0 Å². The second kappa shape index (κ2) is 6.56. The molecular formula is C14H14ClF3N2O2. The Morgan fingerprint density at radius 1 is 1.41 bits per heavy atom. The molecule has 0 aliphatic carbocycles. The van der Waals surface area contributed by atoms with E-state index in [1.165, 1.54) is 0 Å². The summed E-state index contributed by atoms with van der Waals surface area (Å²) in [6, 6.07) is 2.40. The molecule has 0 radical (unpaired) electrons. The van der Waals surface area contributed by atoms with Crippen molar-refractivity contribution in [3.8, 4) is 0 Å². The van der Waals surface area contributed by atoms with Gasteiger partial charge in [-0.2, -0.15) is 13.2 Å². The Labute approximate surface area is 130 Å². The van der Waals surface area contributed by atoms with E-state index in [0.29, 0.717) is 6.42 Å². The minimum atomic E-state index is -4.51. The first-order valence-corrected chi connectivity index (χ1v) is 7.09. The zero-order chi connectivity index (χ0) is 16.3. The van der Waals surface area contributed by atoms with Crippen molar-refractivity contribution in [1.82, 2.24) is 10.6 Å². The molecule has 1 saturated heterocycles. The topological polar surface area (TPSA) is 58.2 Å². The number of piperidine rings is 1. The van der Waals surface area contributed by atoms with Crippen molar-refractivity contribution in [1.29, 1.82) is 0 Å². The third kappa shape index (κ3) is 4.13. The molecule has 1 aliphatic rings. The number of nitrogens with one attached hydrogen (secondary N) is 2. The van der Waals surface area contributed by atoms with Crippen LogP contribution in [0.15, 0.2) is 18.2 Å². The molecule has 0 spiro atoms. The van der Waals surface area contributed by atoms with Crippen LogP contribution in [0.5, 0.6) is 0 Å². The van der Waals surface area contributed by atoms with Gasteiger partial charge in [0.2, 0.25) is 5.91 Å². The van der Waals surface area contributed by atoms with Gasteiger partial charge < -0.3 is 10.6 Å². The van der Waals surface area contributed by atoms with Gasteiger partial charge in [0.1, 0.15) is 0 Å². The largest absolute Gasteiger partial charge is 0.416 e. The van der Waals surface area contributed by atoms with E-state index in [1.54, 1.807) is 0 Å². The van der Waals surface area contributed by atoms with E-state index < -0.39 is 17.6 Å². The summed E-state index contributed by atoms with van der Waals surface area (Å²) in [6.07, 6.45) is -2.56. The SMILES string of the molecule is O=C1CCC[C@H](CNC(=O)c2ccc(C(F)(F)F)cc2Cl)N1. The van der Waals surface area contributed by atoms with Crippen LogP contribution in [0.3, 0.4) is 0 Å². The molecule has 1 atom stereocenters. The van der Waals surface area contributed by atoms with Gasteiger partial charge in [-0.25, -0.2) is 0 Å². The summed E-state index contributed by atoms with van der Waals surface area (Å²) in [5.41, 5.74) is -0.939. The third-order valence-corrected chi connectivity index (χ3v) is 3.68. The van der Waals surface area contributed by atoms with Gasteiger partial charge in [0.05, 0.1) is 16.1 Å². The number of rotatable bonds is 3. The van der Waals surface area contributed by atoms with E-state index in [4.69, 9.17) is 11.6 Å². The standard InChI is InChI=1S/C14H14ClF3N2O2/c15-11-6-8(14(16,17)18)4-5-10(11)13(22)19-7-9-2-1-3-12(21)20-9/h4-6,9H,1-3,7H2,(H,19,22)(H,20,21)/t9-/m1/s1. The molecule has 0 aromatic heterocycles. The van der Waals surface area contributed by atoms with Crippen LogP contribution in [0.1, 0.15) is 35.2 Å². The van der Waals surface area contributed by atoms with Gasteiger partial charge in [-0.05, 0) is 31.0 Å². The highest BCUT2D eigenvalue weighted by molar-refractivity contribution is 6.33. The predicted molar refractivity (Wildman–Crippen MR) is 74.6 cm³/mol. The lowest BCUT2D eigenvalue weighted by Crippen LogP contribution is -2.46. The number of hydrogen-bond acceptors (Lipinski definition) is 2. The van der Waals surface area contributed by atoms with Crippen molar-refractivity contribution in [2.45, 2.75) is 31.5 Å². The number of carbonyl (C=O) groups is 2. The van der Waals surface area contributed by atoms with E-state index in [-0.39, 0.29) is 29.1 Å². The monoisotopic (exact) mass is 334 g/mol. The Balaban J connectivity index is 1.99. The Hall–Kier alpha value is -1.76. The van der Waals surface area contributed by atoms with E-state index in [0.717, 1.165) is 31.0 Å². The van der Waals surface area contributed by atoms with Crippen LogP contribution in [0.4, 0.5) is 13.2 Å². The highest BCUT2D eigenvalue weighted by Gasteiger charge is 2.31. The first-order chi connectivity index (χ1) is 10.3. The van der Waals surface area contributed by atoms with E-state index in [2.05, 4.69) is 10.6 Å². The number of amides is 2. The highest BCUT2D eigenvalue weighted by atomic mass is 35.5. The molecule has 2 amide bonds. The van der Waals surface area contributed by atoms with Gasteiger partial charge in [0, 0.05) is 19.0 Å². The summed E-state index contributed by atoms with van der Waals surface area (Å²) >= 11 is 5.74. The van der Waals surface area contributed by atoms with Crippen LogP contribution in [0.2, 0.25) is 5.02 Å². The van der Waals surface area contributed by atoms with Gasteiger partial charge in [-0.1, -0.05) is 11.6 Å². The first-order valence-electron chi connectivity index (χ1n) is 6.71. The van der Waals surface area contributed by atoms with Gasteiger partial charge >= 0.3 is 6.18 Å². The van der Waals surface area contributed by atoms with Crippen LogP contribution >= 0.6 is 11.6 Å². The van der Waals surface area contributed by atoms with Gasteiger partial charge in [-0.15, -0.1) is 0 Å². The fourth-order valence-electron chi connectivity index (χ4n) is 2.22. The zero-order valence-corrected chi connectivity index (χ0v) is 12.2. The van der Waals surface area contributed by atoms with Gasteiger partial charge in [0.15, 0.2) is 0 Å². The lowest BCUT2D eigenvalue weighted by molar-refractivity contribution is -0.137. The second-order valence-corrected chi connectivity index (χ2v) is 5.47. The maximum atomic E-state index is 12.5. The molecule has 4 nitrogen and oxygen atoms in total. The average Bonchev–Trinajstić information content (AvgIpc) is 2.44. The van der Waals surface area contributed by atoms with Crippen LogP contribution in [0, 0.1) is 0 Å². The Morgan fingerprint density at radius 3 is 2.73 bits per heavy atom. The molecule has 2 rings (SSSR count). The Bertz CT molecular complexity index is 590. The summed E-state index contributed by atoms with van der Waals surface area (Å²) < 4.78 is 37.6. The fourth-order valence-corrected chi connectivity index (χ4v) is 2.49. The molecule has 0 bridgehead atoms. The Morgan fingerprint density at radius 2 is 2.14 bits per heavy atom. The maximum Gasteiger partial charge on any atom is 0.416 e. The molecule has 1 aromatic carbocycles. The van der Waals surface area contributed by atoms with Crippen molar-refractivity contribution >= 4 is 23.4 Å². The summed E-state index contributed by atoms with van der Waals surface area (Å²) in [5.74, 6) is -0.642. The normalized spacial score (nSPS) is 18.7. The molecule has 0 saturated carbocycles. The van der Waals surface area contributed by atoms with Crippen molar-refractivity contribution < 1.29 is 22.8 Å². The highest BCUT2D eigenvalue weighted by Crippen LogP contribution is 2.32. The number of halogens is 4. The molecular weight excluding hydrogens is 321 g/mol. The van der Waals surface area contributed by atoms with Crippen molar-refractivity contribution in [2.75, 3.05) is 6.54 Å². The molecule has 22 heavy (non-hydrogen) atoms. The lowest BCUT2D eigenvalue weighted by Gasteiger charge is -2.23. The molecule has 0 unspecified atom stereocenters. The van der Waals surface area contributed by atoms with Crippen molar-refractivity contribution in [2.24, 2.45) is 0 Å². The van der Waals surface area contributed by atoms with Crippen molar-refractivity contribution in [3.05, 3.63) is 34.3 Å². The predicted octanol–water partition coefficient (Wildman–Crippen LogP) is 2.76. The third-order valence-electron chi connectivity index (χ3n) is 3.37. The summed E-state index contributed by atoms with van der Waals surface area (Å²) in [7, 11) is 0. The summed E-state index contributed by atoms with van der Waals surface area (Å²) in [6.45, 7) is 0.210. The number of hydrogen-bond donors (Lipinski definition) is 2. The van der Waals surface area contributed by atoms with E-state index in [1.807, 2.05) is 0 Å². The van der Waals surface area contributed by atoms with E-state index in [9.17, 15) is 22.8 Å². The minimum absolute atomic E-state index is 0.0307. The zero-order valence-electron chi connectivity index (χ0n) is 11.5. The number of carbonyl (C=O) groups excluding carboxylic acids is 2. The molecule has 120 valence electrons. The van der Waals surface area contributed by atoms with Crippen LogP contribution in [-0.4, -0.2) is 24.4 Å². The molecule has 1 aliphatic heterocycles. The van der Waals surface area contributed by atoms with Crippen LogP contribution < -0.4 is 10.6 Å². The second-order valence-electron chi connectivity index (χ2n) is 5.06. The average molecular weight is 335 g/mol. The first kappa shape index (κ1) is 16.6. The minimum Gasteiger partial charge on any atom is -0.352 e. The lowest BCUT2D eigenvalue weighted by atomic mass is 10.0. The summed E-state index contributed by atoms with van der Waals surface area (Å²) in [4.78, 5) is 23.2. The number of benzene rings is 1. The van der Waals surface area contributed by atoms with E-state index >= 15 is 0 Å². The maximum absolute atomic E-state index is 12.5. The number of alkyl halides is 3.